The highest BCUT2D eigenvalue weighted by molar-refractivity contribution is 6.30. The number of likely N-dealkylation sites (tertiary alicyclic amines) is 1. The van der Waals surface area contributed by atoms with Gasteiger partial charge in [-0.3, -0.25) is 19.4 Å². The number of rotatable bonds is 5. The molecule has 3 aliphatic heterocycles. The first-order valence-corrected chi connectivity index (χ1v) is 13.7. The molecule has 0 saturated carbocycles. The van der Waals surface area contributed by atoms with Crippen molar-refractivity contribution in [1.29, 1.82) is 0 Å². The van der Waals surface area contributed by atoms with Gasteiger partial charge in [-0.05, 0) is 43.9 Å². The Bertz CT molecular complexity index is 1440. The van der Waals surface area contributed by atoms with Crippen LogP contribution in [0.2, 0.25) is 5.02 Å². The summed E-state index contributed by atoms with van der Waals surface area (Å²) in [4.78, 5) is 46.7. The number of nitrogens with one attached hydrogen (secondary N) is 2. The van der Waals surface area contributed by atoms with Gasteiger partial charge in [0.25, 0.3) is 11.8 Å². The Morgan fingerprint density at radius 1 is 1.03 bits per heavy atom. The van der Waals surface area contributed by atoms with E-state index in [0.717, 1.165) is 36.7 Å². The molecular formula is C29H29ClN4O5. The molecule has 39 heavy (non-hydrogen) atoms. The largest absolute Gasteiger partial charge is 0.493 e. The number of anilines is 1. The minimum absolute atomic E-state index is 0.0677. The van der Waals surface area contributed by atoms with Crippen LogP contribution in [-0.2, 0) is 24.7 Å². The van der Waals surface area contributed by atoms with Gasteiger partial charge in [0, 0.05) is 47.1 Å². The second kappa shape index (κ2) is 10.5. The molecule has 2 saturated heterocycles. The number of carbonyl (C=O) groups is 3. The number of hydrogen-bond acceptors (Lipinski definition) is 6. The van der Waals surface area contributed by atoms with Gasteiger partial charge in [0.05, 0.1) is 18.5 Å². The average molecular weight is 549 g/mol. The molecule has 6 rings (SSSR count). The molecule has 0 spiro atoms. The Morgan fingerprint density at radius 3 is 2.67 bits per heavy atom. The van der Waals surface area contributed by atoms with E-state index in [0.29, 0.717) is 34.9 Å². The van der Waals surface area contributed by atoms with Crippen LogP contribution in [0.3, 0.4) is 0 Å². The van der Waals surface area contributed by atoms with Crippen molar-refractivity contribution < 1.29 is 23.9 Å². The van der Waals surface area contributed by atoms with Crippen LogP contribution >= 0.6 is 11.6 Å². The van der Waals surface area contributed by atoms with Gasteiger partial charge in [-0.25, -0.2) is 0 Å². The van der Waals surface area contributed by atoms with Crippen LogP contribution in [-0.4, -0.2) is 59.5 Å². The highest BCUT2D eigenvalue weighted by atomic mass is 35.5. The molecule has 202 valence electrons. The molecular weight excluding hydrogens is 520 g/mol. The summed E-state index contributed by atoms with van der Waals surface area (Å²) in [6, 6.07) is 12.6. The van der Waals surface area contributed by atoms with Crippen molar-refractivity contribution in [2.75, 3.05) is 25.0 Å². The third-order valence-electron chi connectivity index (χ3n) is 7.78. The minimum atomic E-state index is -1.48. The first-order valence-electron chi connectivity index (χ1n) is 13.3. The standard InChI is InChI=1S/C29H29ClN4O5/c30-19-7-8-23-21(15-19)29(11-14-38-23,28(37)32-22-17-31-16-18-5-1-2-6-20(18)22)33-26(35)24-9-10-25(39-24)27(36)34-12-3-4-13-34/h1-2,5-8,15-17,24-25H,3-4,9-14H2,(H,32,37)(H,33,35). The number of hydrogen-bond donors (Lipinski definition) is 2. The summed E-state index contributed by atoms with van der Waals surface area (Å²) in [5.41, 5.74) is -0.495. The normalized spacial score (nSPS) is 24.2. The van der Waals surface area contributed by atoms with Crippen LogP contribution in [0.25, 0.3) is 10.8 Å². The van der Waals surface area contributed by atoms with Gasteiger partial charge in [-0.1, -0.05) is 35.9 Å². The van der Waals surface area contributed by atoms with Crippen molar-refractivity contribution in [3.8, 4) is 5.75 Å². The van der Waals surface area contributed by atoms with Crippen LogP contribution in [0.5, 0.6) is 5.75 Å². The van der Waals surface area contributed by atoms with Crippen molar-refractivity contribution in [2.45, 2.75) is 49.9 Å². The number of halogens is 1. The topological polar surface area (TPSA) is 110 Å². The zero-order chi connectivity index (χ0) is 27.0. The lowest BCUT2D eigenvalue weighted by Crippen LogP contribution is -2.58. The van der Waals surface area contributed by atoms with Gasteiger partial charge in [-0.2, -0.15) is 0 Å². The van der Waals surface area contributed by atoms with Gasteiger partial charge >= 0.3 is 0 Å². The molecule has 0 radical (unpaired) electrons. The Morgan fingerprint density at radius 2 is 1.82 bits per heavy atom. The second-order valence-electron chi connectivity index (χ2n) is 10.2. The van der Waals surface area contributed by atoms with E-state index in [2.05, 4.69) is 15.6 Å². The lowest BCUT2D eigenvalue weighted by Gasteiger charge is -2.38. The maximum atomic E-state index is 14.2. The zero-order valence-corrected chi connectivity index (χ0v) is 22.1. The molecule has 4 heterocycles. The molecule has 3 unspecified atom stereocenters. The lowest BCUT2D eigenvalue weighted by atomic mass is 9.83. The quantitative estimate of drug-likeness (QED) is 0.502. The monoisotopic (exact) mass is 548 g/mol. The summed E-state index contributed by atoms with van der Waals surface area (Å²) in [7, 11) is 0. The molecule has 3 amide bonds. The Balaban J connectivity index is 1.30. The lowest BCUT2D eigenvalue weighted by molar-refractivity contribution is -0.147. The number of ether oxygens (including phenoxy) is 2. The maximum absolute atomic E-state index is 14.2. The van der Waals surface area contributed by atoms with Gasteiger partial charge in [0.15, 0.2) is 5.54 Å². The van der Waals surface area contributed by atoms with Crippen molar-refractivity contribution in [3.63, 3.8) is 0 Å². The zero-order valence-electron chi connectivity index (χ0n) is 21.3. The third kappa shape index (κ3) is 4.81. The van der Waals surface area contributed by atoms with E-state index in [9.17, 15) is 14.4 Å². The fraction of sp³-hybridized carbons (Fsp3) is 0.379. The molecule has 9 nitrogen and oxygen atoms in total. The minimum Gasteiger partial charge on any atom is -0.493 e. The van der Waals surface area contributed by atoms with Crippen molar-refractivity contribution in [2.24, 2.45) is 0 Å². The summed E-state index contributed by atoms with van der Waals surface area (Å²) < 4.78 is 11.8. The molecule has 2 aromatic carbocycles. The van der Waals surface area contributed by atoms with Crippen molar-refractivity contribution in [1.82, 2.24) is 15.2 Å². The fourth-order valence-corrected chi connectivity index (χ4v) is 5.89. The Kier molecular flexibility index (Phi) is 6.86. The van der Waals surface area contributed by atoms with E-state index < -0.39 is 29.6 Å². The molecule has 3 aromatic rings. The smallest absolute Gasteiger partial charge is 0.255 e. The summed E-state index contributed by atoms with van der Waals surface area (Å²) in [6.07, 6.45) is 4.80. The van der Waals surface area contributed by atoms with Crippen molar-refractivity contribution >= 4 is 45.8 Å². The number of fused-ring (bicyclic) bond motifs is 2. The van der Waals surface area contributed by atoms with E-state index >= 15 is 0 Å². The third-order valence-corrected chi connectivity index (χ3v) is 8.02. The summed E-state index contributed by atoms with van der Waals surface area (Å²) in [5, 5.41) is 8.10. The first kappa shape index (κ1) is 25.6. The van der Waals surface area contributed by atoms with Crippen LogP contribution in [0.4, 0.5) is 5.69 Å². The molecule has 3 aliphatic rings. The fourth-order valence-electron chi connectivity index (χ4n) is 5.72. The molecule has 2 fully saturated rings. The highest BCUT2D eigenvalue weighted by Crippen LogP contribution is 2.40. The van der Waals surface area contributed by atoms with Gasteiger partial charge < -0.3 is 25.0 Å². The maximum Gasteiger partial charge on any atom is 0.255 e. The van der Waals surface area contributed by atoms with E-state index in [4.69, 9.17) is 21.1 Å². The predicted molar refractivity (Wildman–Crippen MR) is 145 cm³/mol. The number of pyridine rings is 1. The second-order valence-corrected chi connectivity index (χ2v) is 10.7. The van der Waals surface area contributed by atoms with E-state index in [-0.39, 0.29) is 18.9 Å². The van der Waals surface area contributed by atoms with Crippen molar-refractivity contribution in [3.05, 3.63) is 65.4 Å². The SMILES string of the molecule is O=C(NC1(C(=O)Nc2cncc3ccccc23)CCOc2ccc(Cl)cc21)C1CCC(C(=O)N2CCCC2)O1. The van der Waals surface area contributed by atoms with Crippen LogP contribution in [0.15, 0.2) is 54.9 Å². The van der Waals surface area contributed by atoms with Gasteiger partial charge in [0.1, 0.15) is 18.0 Å². The summed E-state index contributed by atoms with van der Waals surface area (Å²) in [6.45, 7) is 1.65. The number of nitrogens with zero attached hydrogens (tertiary/aromatic N) is 2. The molecule has 2 N–H and O–H groups in total. The molecule has 1 aromatic heterocycles. The summed E-state index contributed by atoms with van der Waals surface area (Å²) >= 11 is 6.35. The van der Waals surface area contributed by atoms with Crippen LogP contribution < -0.4 is 15.4 Å². The number of benzene rings is 2. The van der Waals surface area contributed by atoms with E-state index in [1.807, 2.05) is 24.3 Å². The first-order chi connectivity index (χ1) is 18.9. The predicted octanol–water partition coefficient (Wildman–Crippen LogP) is 3.79. The van der Waals surface area contributed by atoms with E-state index in [1.165, 1.54) is 0 Å². The Hall–Kier alpha value is -3.69. The molecule has 10 heteroatoms. The van der Waals surface area contributed by atoms with Crippen LogP contribution in [0.1, 0.15) is 37.7 Å². The average Bonchev–Trinajstić information content (AvgIpc) is 3.66. The number of amides is 3. The van der Waals surface area contributed by atoms with Crippen LogP contribution in [0, 0.1) is 0 Å². The molecule has 0 bridgehead atoms. The molecule has 0 aliphatic carbocycles. The number of carbonyl (C=O) groups excluding carboxylic acids is 3. The van der Waals surface area contributed by atoms with Gasteiger partial charge in [0.2, 0.25) is 5.91 Å². The van der Waals surface area contributed by atoms with E-state index in [1.54, 1.807) is 35.5 Å². The summed E-state index contributed by atoms with van der Waals surface area (Å²) in [5.74, 6) is -0.497. The highest BCUT2D eigenvalue weighted by Gasteiger charge is 2.48. The van der Waals surface area contributed by atoms with Gasteiger partial charge in [-0.15, -0.1) is 0 Å². The number of aromatic nitrogens is 1. The Labute approximate surface area is 230 Å². The molecule has 3 atom stereocenters.